The van der Waals surface area contributed by atoms with E-state index >= 15 is 0 Å². The fraction of sp³-hybridized carbons (Fsp3) is 0.429. The van der Waals surface area contributed by atoms with Gasteiger partial charge in [0.2, 0.25) is 0 Å². The Morgan fingerprint density at radius 1 is 1.67 bits per heavy atom. The van der Waals surface area contributed by atoms with E-state index in [9.17, 15) is 0 Å². The molecule has 0 aliphatic rings. The van der Waals surface area contributed by atoms with Crippen molar-refractivity contribution in [2.45, 2.75) is 6.92 Å². The predicted molar refractivity (Wildman–Crippen MR) is 39.3 cm³/mol. The van der Waals surface area contributed by atoms with Crippen molar-refractivity contribution in [3.63, 3.8) is 0 Å². The molecular weight excluding hydrogens is 136 g/mol. The second-order valence-corrected chi connectivity index (χ2v) is 1.50. The summed E-state index contributed by atoms with van der Waals surface area (Å²) in [4.78, 5) is 0. The molecule has 0 aromatic rings. The highest BCUT2D eigenvalue weighted by molar-refractivity contribution is 6.25. The smallest absolute Gasteiger partial charge is 0.108 e. The lowest BCUT2D eigenvalue weighted by molar-refractivity contribution is 0.182. The third-order valence-corrected chi connectivity index (χ3v) is 0.753. The maximum Gasteiger partial charge on any atom is 0.108 e. The summed E-state index contributed by atoms with van der Waals surface area (Å²) in [6, 6.07) is 0. The van der Waals surface area contributed by atoms with E-state index in [1.54, 1.807) is 6.08 Å². The van der Waals surface area contributed by atoms with Gasteiger partial charge in [-0.25, -0.2) is 0 Å². The van der Waals surface area contributed by atoms with Crippen LogP contribution in [0.15, 0.2) is 11.6 Å². The lowest BCUT2D eigenvalue weighted by Crippen LogP contribution is -1.87. The van der Waals surface area contributed by atoms with Gasteiger partial charge < -0.3 is 4.74 Å². The van der Waals surface area contributed by atoms with Crippen molar-refractivity contribution < 1.29 is 4.74 Å². The van der Waals surface area contributed by atoms with E-state index in [4.69, 9.17) is 16.3 Å². The molecule has 1 nitrogen and oxygen atoms in total. The van der Waals surface area contributed by atoms with Gasteiger partial charge in [-0.15, -0.1) is 0 Å². The minimum Gasteiger partial charge on any atom is -0.369 e. The van der Waals surface area contributed by atoms with Gasteiger partial charge in [-0.05, 0) is 13.0 Å². The third-order valence-electron chi connectivity index (χ3n) is 0.627. The summed E-state index contributed by atoms with van der Waals surface area (Å²) in [5.74, 6) is 5.43. The molecule has 0 aromatic heterocycles. The Labute approximate surface area is 60.7 Å². The van der Waals surface area contributed by atoms with Crippen LogP contribution >= 0.6 is 11.6 Å². The largest absolute Gasteiger partial charge is 0.369 e. The lowest BCUT2D eigenvalue weighted by atomic mass is 10.6. The van der Waals surface area contributed by atoms with Crippen molar-refractivity contribution in [3.8, 4) is 11.8 Å². The summed E-state index contributed by atoms with van der Waals surface area (Å²) in [5, 5.41) is 0. The molecule has 0 spiro atoms. The van der Waals surface area contributed by atoms with Crippen LogP contribution < -0.4 is 0 Å². The minimum atomic E-state index is 0.484. The number of allylic oxidation sites excluding steroid dienone is 1. The van der Waals surface area contributed by atoms with Crippen LogP contribution in [0.4, 0.5) is 0 Å². The topological polar surface area (TPSA) is 9.23 Å². The normalized spacial score (nSPS) is 9.11. The number of rotatable bonds is 2. The Morgan fingerprint density at radius 2 is 2.44 bits per heavy atom. The zero-order valence-electron chi connectivity index (χ0n) is 5.36. The molecule has 0 saturated carbocycles. The van der Waals surface area contributed by atoms with Crippen LogP contribution in [-0.2, 0) is 4.74 Å². The average Bonchev–Trinajstić information content (AvgIpc) is 1.89. The number of hydrogen-bond donors (Lipinski definition) is 0. The van der Waals surface area contributed by atoms with Gasteiger partial charge in [-0.3, -0.25) is 0 Å². The van der Waals surface area contributed by atoms with E-state index < -0.39 is 0 Å². The van der Waals surface area contributed by atoms with Crippen LogP contribution in [0.3, 0.4) is 0 Å². The molecule has 0 aliphatic heterocycles. The zero-order chi connectivity index (χ0) is 6.95. The highest BCUT2D eigenvalue weighted by atomic mass is 35.5. The van der Waals surface area contributed by atoms with E-state index in [1.807, 2.05) is 6.92 Å². The molecule has 50 valence electrons. The first-order chi connectivity index (χ1) is 4.41. The summed E-state index contributed by atoms with van der Waals surface area (Å²) < 4.78 is 4.93. The second kappa shape index (κ2) is 7.55. The average molecular weight is 145 g/mol. The maximum absolute atomic E-state index is 5.19. The van der Waals surface area contributed by atoms with E-state index in [2.05, 4.69) is 11.8 Å². The van der Waals surface area contributed by atoms with E-state index in [1.165, 1.54) is 5.54 Å². The Hall–Kier alpha value is -0.450. The third kappa shape index (κ3) is 7.55. The summed E-state index contributed by atoms with van der Waals surface area (Å²) in [7, 11) is 0. The predicted octanol–water partition coefficient (Wildman–Crippen LogP) is 1.78. The molecule has 0 N–H and O–H groups in total. The molecule has 0 aliphatic carbocycles. The summed E-state index contributed by atoms with van der Waals surface area (Å²) in [5.41, 5.74) is 1.37. The maximum atomic E-state index is 5.19. The van der Waals surface area contributed by atoms with Crippen LogP contribution in [0.25, 0.3) is 0 Å². The van der Waals surface area contributed by atoms with Gasteiger partial charge in [-0.2, -0.15) is 0 Å². The molecule has 2 heteroatoms. The first-order valence-corrected chi connectivity index (χ1v) is 3.16. The summed E-state index contributed by atoms with van der Waals surface area (Å²) in [6.45, 7) is 3.12. The van der Waals surface area contributed by atoms with E-state index in [0.717, 1.165) is 0 Å². The Kier molecular flexibility index (Phi) is 7.17. The van der Waals surface area contributed by atoms with Gasteiger partial charge in [0.15, 0.2) is 0 Å². The first-order valence-electron chi connectivity index (χ1n) is 2.73. The van der Waals surface area contributed by atoms with Crippen LogP contribution in [0.5, 0.6) is 0 Å². The number of ether oxygens (including phenoxy) is 1. The lowest BCUT2D eigenvalue weighted by Gasteiger charge is -1.87. The number of hydrogen-bond acceptors (Lipinski definition) is 1. The molecule has 9 heavy (non-hydrogen) atoms. The molecule has 0 atom stereocenters. The summed E-state index contributed by atoms with van der Waals surface area (Å²) >= 11 is 5.19. The molecule has 0 amide bonds. The highest BCUT2D eigenvalue weighted by Crippen LogP contribution is 1.74. The van der Waals surface area contributed by atoms with Gasteiger partial charge >= 0.3 is 0 Å². The Balaban J connectivity index is 3.16. The van der Waals surface area contributed by atoms with Crippen LogP contribution in [0.1, 0.15) is 6.92 Å². The Bertz CT molecular complexity index is 130. The van der Waals surface area contributed by atoms with Gasteiger partial charge in [0.1, 0.15) is 6.61 Å². The van der Waals surface area contributed by atoms with Crippen LogP contribution in [0.2, 0.25) is 0 Å². The van der Waals surface area contributed by atoms with Crippen molar-refractivity contribution >= 4 is 11.6 Å². The van der Waals surface area contributed by atoms with Gasteiger partial charge in [0, 0.05) is 12.1 Å². The molecule has 0 bridgehead atoms. The fourth-order valence-corrected chi connectivity index (χ4v) is 0.348. The van der Waals surface area contributed by atoms with Crippen LogP contribution in [0, 0.1) is 11.8 Å². The van der Waals surface area contributed by atoms with E-state index in [0.29, 0.717) is 13.2 Å². The standard InChI is InChI=1S/C7H9ClO/c1-2-9-7-5-3-4-6-8/h4,6H,2,7H2,1H3/b6-4-. The van der Waals surface area contributed by atoms with Crippen molar-refractivity contribution in [1.82, 2.24) is 0 Å². The van der Waals surface area contributed by atoms with Gasteiger partial charge in [0.05, 0.1) is 0 Å². The van der Waals surface area contributed by atoms with Crippen LogP contribution in [-0.4, -0.2) is 13.2 Å². The second-order valence-electron chi connectivity index (χ2n) is 1.25. The SMILES string of the molecule is CCOCC#C/C=C\Cl. The molecular formula is C7H9ClO. The Morgan fingerprint density at radius 3 is 3.00 bits per heavy atom. The quantitative estimate of drug-likeness (QED) is 0.424. The fourth-order valence-electron chi connectivity index (χ4n) is 0.285. The molecule has 0 fully saturated rings. The van der Waals surface area contributed by atoms with Crippen molar-refractivity contribution in [2.75, 3.05) is 13.2 Å². The van der Waals surface area contributed by atoms with Crippen molar-refractivity contribution in [3.05, 3.63) is 11.6 Å². The minimum absolute atomic E-state index is 0.484. The molecule has 0 aromatic carbocycles. The monoisotopic (exact) mass is 144 g/mol. The molecule has 0 saturated heterocycles. The van der Waals surface area contributed by atoms with E-state index in [-0.39, 0.29) is 0 Å². The van der Waals surface area contributed by atoms with Crippen molar-refractivity contribution in [1.29, 1.82) is 0 Å². The molecule has 0 rings (SSSR count). The molecule has 0 heterocycles. The van der Waals surface area contributed by atoms with Crippen molar-refractivity contribution in [2.24, 2.45) is 0 Å². The highest BCUT2D eigenvalue weighted by Gasteiger charge is 1.70. The molecule has 0 unspecified atom stereocenters. The first kappa shape index (κ1) is 8.55. The molecule has 0 radical (unpaired) electrons. The van der Waals surface area contributed by atoms with Gasteiger partial charge in [-0.1, -0.05) is 23.4 Å². The zero-order valence-corrected chi connectivity index (χ0v) is 6.11. The summed E-state index contributed by atoms with van der Waals surface area (Å²) in [6.07, 6.45) is 1.57. The number of halogens is 1. The van der Waals surface area contributed by atoms with Gasteiger partial charge in [0.25, 0.3) is 0 Å².